The summed E-state index contributed by atoms with van der Waals surface area (Å²) in [7, 11) is 0. The fourth-order valence-corrected chi connectivity index (χ4v) is 2.88. The number of nitrogens with two attached hydrogens (primary N) is 1. The van der Waals surface area contributed by atoms with Gasteiger partial charge < -0.3 is 16.2 Å². The van der Waals surface area contributed by atoms with E-state index in [1.165, 1.54) is 43.5 Å². The molecule has 0 spiro atoms. The van der Waals surface area contributed by atoms with Gasteiger partial charge in [-0.3, -0.25) is 4.79 Å². The van der Waals surface area contributed by atoms with E-state index < -0.39 is 18.1 Å². The number of nitrogens with one attached hydrogen (secondary N) is 1. The van der Waals surface area contributed by atoms with Gasteiger partial charge in [0.25, 0.3) is 5.91 Å². The molecule has 4 N–H and O–H groups in total. The summed E-state index contributed by atoms with van der Waals surface area (Å²) in [5.74, 6) is -0.408. The molecule has 1 aromatic carbocycles. The largest absolute Gasteiger partial charge is 0.382 e. The van der Waals surface area contributed by atoms with Crippen LogP contribution in [-0.4, -0.2) is 23.2 Å². The van der Waals surface area contributed by atoms with Gasteiger partial charge in [-0.15, -0.1) is 12.4 Å². The maximum Gasteiger partial charge on any atom is 0.254 e. The van der Waals surface area contributed by atoms with Crippen LogP contribution in [0.1, 0.15) is 38.5 Å². The Morgan fingerprint density at radius 3 is 2.45 bits per heavy atom. The van der Waals surface area contributed by atoms with Crippen molar-refractivity contribution in [2.24, 2.45) is 11.7 Å². The number of anilines is 1. The SMILES string of the molecule is Cl.N[C@H](CC1CCCCC1)C(O)C(=O)Nc1ccc(F)cc1. The fraction of sp³-hybridized carbons (Fsp3) is 0.562. The van der Waals surface area contributed by atoms with E-state index in [0.29, 0.717) is 18.0 Å². The molecule has 2 atom stereocenters. The lowest BCUT2D eigenvalue weighted by atomic mass is 9.84. The van der Waals surface area contributed by atoms with Crippen LogP contribution >= 0.6 is 12.4 Å². The van der Waals surface area contributed by atoms with Gasteiger partial charge in [-0.25, -0.2) is 4.39 Å². The van der Waals surface area contributed by atoms with E-state index >= 15 is 0 Å². The first-order valence-electron chi connectivity index (χ1n) is 7.56. The number of carbonyl (C=O) groups excluding carboxylic acids is 1. The molecule has 1 aromatic rings. The van der Waals surface area contributed by atoms with Crippen molar-refractivity contribution in [1.82, 2.24) is 0 Å². The smallest absolute Gasteiger partial charge is 0.254 e. The summed E-state index contributed by atoms with van der Waals surface area (Å²) < 4.78 is 12.8. The molecule has 1 aliphatic rings. The number of aliphatic hydroxyl groups excluding tert-OH is 1. The highest BCUT2D eigenvalue weighted by Crippen LogP contribution is 2.27. The molecule has 6 heteroatoms. The minimum atomic E-state index is -1.24. The van der Waals surface area contributed by atoms with E-state index in [-0.39, 0.29) is 18.2 Å². The van der Waals surface area contributed by atoms with Gasteiger partial charge in [0, 0.05) is 11.7 Å². The van der Waals surface area contributed by atoms with Crippen molar-refractivity contribution in [3.8, 4) is 0 Å². The lowest BCUT2D eigenvalue weighted by Gasteiger charge is -2.26. The Morgan fingerprint density at radius 1 is 1.27 bits per heavy atom. The summed E-state index contributed by atoms with van der Waals surface area (Å²) in [6.45, 7) is 0. The molecule has 124 valence electrons. The first-order chi connectivity index (χ1) is 10.1. The van der Waals surface area contributed by atoms with Crippen LogP contribution in [0.15, 0.2) is 24.3 Å². The Balaban J connectivity index is 0.00000242. The van der Waals surface area contributed by atoms with Crippen LogP contribution in [0.3, 0.4) is 0 Å². The second kappa shape index (κ2) is 9.08. The number of halogens is 2. The highest BCUT2D eigenvalue weighted by atomic mass is 35.5. The van der Waals surface area contributed by atoms with E-state index in [0.717, 1.165) is 12.8 Å². The second-order valence-corrected chi connectivity index (χ2v) is 5.84. The van der Waals surface area contributed by atoms with E-state index in [1.807, 2.05) is 0 Å². The van der Waals surface area contributed by atoms with Crippen LogP contribution < -0.4 is 11.1 Å². The van der Waals surface area contributed by atoms with Gasteiger partial charge >= 0.3 is 0 Å². The minimum Gasteiger partial charge on any atom is -0.382 e. The van der Waals surface area contributed by atoms with E-state index in [4.69, 9.17) is 5.73 Å². The molecule has 1 amide bonds. The molecule has 0 saturated heterocycles. The third-order valence-corrected chi connectivity index (χ3v) is 4.12. The van der Waals surface area contributed by atoms with Gasteiger partial charge in [-0.2, -0.15) is 0 Å². The summed E-state index contributed by atoms with van der Waals surface area (Å²) in [5.41, 5.74) is 6.41. The first-order valence-corrected chi connectivity index (χ1v) is 7.56. The normalized spacial score (nSPS) is 18.1. The zero-order valence-electron chi connectivity index (χ0n) is 12.5. The monoisotopic (exact) mass is 330 g/mol. The maximum atomic E-state index is 12.8. The summed E-state index contributed by atoms with van der Waals surface area (Å²) in [6, 6.07) is 4.85. The van der Waals surface area contributed by atoms with Crippen molar-refractivity contribution >= 4 is 24.0 Å². The Kier molecular flexibility index (Phi) is 7.79. The van der Waals surface area contributed by atoms with Crippen molar-refractivity contribution in [3.05, 3.63) is 30.1 Å². The molecular formula is C16H24ClFN2O2. The third-order valence-electron chi connectivity index (χ3n) is 4.12. The van der Waals surface area contributed by atoms with Crippen LogP contribution in [0.5, 0.6) is 0 Å². The van der Waals surface area contributed by atoms with Crippen molar-refractivity contribution in [2.75, 3.05) is 5.32 Å². The Morgan fingerprint density at radius 2 is 1.86 bits per heavy atom. The molecule has 1 saturated carbocycles. The second-order valence-electron chi connectivity index (χ2n) is 5.84. The van der Waals surface area contributed by atoms with Crippen molar-refractivity contribution < 1.29 is 14.3 Å². The quantitative estimate of drug-likeness (QED) is 0.777. The molecule has 0 heterocycles. The van der Waals surface area contributed by atoms with E-state index in [2.05, 4.69) is 5.32 Å². The number of benzene rings is 1. The van der Waals surface area contributed by atoms with Gasteiger partial charge in [0.15, 0.2) is 0 Å². The van der Waals surface area contributed by atoms with Crippen LogP contribution in [0.25, 0.3) is 0 Å². The highest BCUT2D eigenvalue weighted by Gasteiger charge is 2.26. The Bertz CT molecular complexity index is 464. The summed E-state index contributed by atoms with van der Waals surface area (Å²) in [6.07, 6.45) is 5.35. The van der Waals surface area contributed by atoms with Crippen LogP contribution in [0, 0.1) is 11.7 Å². The van der Waals surface area contributed by atoms with Crippen molar-refractivity contribution in [1.29, 1.82) is 0 Å². The van der Waals surface area contributed by atoms with Gasteiger partial charge in [0.2, 0.25) is 0 Å². The number of amides is 1. The summed E-state index contributed by atoms with van der Waals surface area (Å²) >= 11 is 0. The van der Waals surface area contributed by atoms with E-state index in [9.17, 15) is 14.3 Å². The Labute approximate surface area is 136 Å². The minimum absolute atomic E-state index is 0. The zero-order valence-corrected chi connectivity index (χ0v) is 13.3. The molecule has 0 radical (unpaired) electrons. The van der Waals surface area contributed by atoms with Crippen LogP contribution in [0.2, 0.25) is 0 Å². The number of hydrogen-bond donors (Lipinski definition) is 3. The number of carbonyl (C=O) groups is 1. The van der Waals surface area contributed by atoms with Crippen LogP contribution in [0.4, 0.5) is 10.1 Å². The molecule has 2 rings (SSSR count). The predicted molar refractivity (Wildman–Crippen MR) is 87.5 cm³/mol. The van der Waals surface area contributed by atoms with Crippen molar-refractivity contribution in [2.45, 2.75) is 50.7 Å². The molecule has 4 nitrogen and oxygen atoms in total. The maximum absolute atomic E-state index is 12.8. The molecule has 0 bridgehead atoms. The number of aliphatic hydroxyl groups is 1. The number of hydrogen-bond acceptors (Lipinski definition) is 3. The lowest BCUT2D eigenvalue weighted by molar-refractivity contribution is -0.125. The summed E-state index contributed by atoms with van der Waals surface area (Å²) in [5, 5.41) is 12.6. The predicted octanol–water partition coefficient (Wildman–Crippen LogP) is 2.84. The lowest BCUT2D eigenvalue weighted by Crippen LogP contribution is -2.44. The third kappa shape index (κ3) is 5.55. The average Bonchev–Trinajstić information content (AvgIpc) is 2.49. The molecule has 0 aromatic heterocycles. The fourth-order valence-electron chi connectivity index (χ4n) is 2.88. The van der Waals surface area contributed by atoms with Crippen LogP contribution in [-0.2, 0) is 4.79 Å². The average molecular weight is 331 g/mol. The molecule has 22 heavy (non-hydrogen) atoms. The molecule has 1 aliphatic carbocycles. The van der Waals surface area contributed by atoms with Gasteiger partial charge in [0.1, 0.15) is 11.9 Å². The number of rotatable bonds is 5. The first kappa shape index (κ1) is 18.9. The molecule has 1 unspecified atom stereocenters. The summed E-state index contributed by atoms with van der Waals surface area (Å²) in [4.78, 5) is 11.9. The zero-order chi connectivity index (χ0) is 15.2. The molecule has 1 fully saturated rings. The Hall–Kier alpha value is -1.17. The van der Waals surface area contributed by atoms with E-state index in [1.54, 1.807) is 0 Å². The molecule has 0 aliphatic heterocycles. The van der Waals surface area contributed by atoms with Gasteiger partial charge in [-0.1, -0.05) is 32.1 Å². The van der Waals surface area contributed by atoms with Crippen molar-refractivity contribution in [3.63, 3.8) is 0 Å². The topological polar surface area (TPSA) is 75.3 Å². The molecular weight excluding hydrogens is 307 g/mol. The standard InChI is InChI=1S/C16H23FN2O2.ClH/c17-12-6-8-13(9-7-12)19-16(21)15(20)14(18)10-11-4-2-1-3-5-11;/h6-9,11,14-15,20H,1-5,10,18H2,(H,19,21);1H/t14-,15?;/m1./s1. The highest BCUT2D eigenvalue weighted by molar-refractivity contribution is 5.94. The van der Waals surface area contributed by atoms with Gasteiger partial charge in [0.05, 0.1) is 0 Å². The van der Waals surface area contributed by atoms with Gasteiger partial charge in [-0.05, 0) is 36.6 Å².